The van der Waals surface area contributed by atoms with Gasteiger partial charge in [-0.2, -0.15) is 0 Å². The predicted molar refractivity (Wildman–Crippen MR) is 38.7 cm³/mol. The van der Waals surface area contributed by atoms with Crippen molar-refractivity contribution in [2.24, 2.45) is 5.73 Å². The van der Waals surface area contributed by atoms with Gasteiger partial charge in [-0.3, -0.25) is 0 Å². The summed E-state index contributed by atoms with van der Waals surface area (Å²) in [6.45, 7) is 0.694. The number of halogens is 1. The second-order valence-corrected chi connectivity index (χ2v) is 1.67. The molecule has 1 aromatic heterocycles. The van der Waals surface area contributed by atoms with Crippen molar-refractivity contribution in [1.82, 2.24) is 0 Å². The van der Waals surface area contributed by atoms with E-state index in [-0.39, 0.29) is 12.4 Å². The van der Waals surface area contributed by atoms with Crippen LogP contribution in [-0.4, -0.2) is 6.54 Å². The van der Waals surface area contributed by atoms with E-state index in [1.165, 1.54) is 5.56 Å². The first kappa shape index (κ1) is 8.53. The molecule has 0 atom stereocenters. The molecule has 52 valence electrons. The van der Waals surface area contributed by atoms with Crippen LogP contribution in [0.5, 0.6) is 0 Å². The van der Waals surface area contributed by atoms with E-state index in [0.29, 0.717) is 6.54 Å². The highest BCUT2D eigenvalue weighted by atomic mass is 35.5. The first-order valence-electron chi connectivity index (χ1n) is 2.64. The van der Waals surface area contributed by atoms with Crippen molar-refractivity contribution < 1.29 is 4.42 Å². The SMILES string of the molecule is Cl.NCCc1ccoc1. The fourth-order valence-corrected chi connectivity index (χ4v) is 0.602. The summed E-state index contributed by atoms with van der Waals surface area (Å²) in [5.41, 5.74) is 6.45. The van der Waals surface area contributed by atoms with Gasteiger partial charge in [0.1, 0.15) is 0 Å². The molecule has 0 amide bonds. The average molecular weight is 148 g/mol. The molecule has 0 radical (unpaired) electrons. The number of rotatable bonds is 2. The van der Waals surface area contributed by atoms with E-state index in [1.54, 1.807) is 12.5 Å². The Bertz CT molecular complexity index is 139. The highest BCUT2D eigenvalue weighted by Gasteiger charge is 1.88. The van der Waals surface area contributed by atoms with E-state index >= 15 is 0 Å². The molecule has 2 nitrogen and oxygen atoms in total. The van der Waals surface area contributed by atoms with Crippen molar-refractivity contribution in [1.29, 1.82) is 0 Å². The van der Waals surface area contributed by atoms with Gasteiger partial charge in [-0.25, -0.2) is 0 Å². The third-order valence-corrected chi connectivity index (χ3v) is 1.01. The van der Waals surface area contributed by atoms with E-state index in [1.807, 2.05) is 6.07 Å². The Balaban J connectivity index is 0.000000640. The van der Waals surface area contributed by atoms with E-state index in [4.69, 9.17) is 10.2 Å². The van der Waals surface area contributed by atoms with Gasteiger partial charge in [-0.05, 0) is 24.6 Å². The van der Waals surface area contributed by atoms with Crippen LogP contribution in [0.4, 0.5) is 0 Å². The van der Waals surface area contributed by atoms with Crippen LogP contribution in [0.15, 0.2) is 23.0 Å². The molecule has 1 rings (SSSR count). The average Bonchev–Trinajstić information content (AvgIpc) is 2.19. The van der Waals surface area contributed by atoms with Gasteiger partial charge in [0.25, 0.3) is 0 Å². The quantitative estimate of drug-likeness (QED) is 0.683. The molecular weight excluding hydrogens is 138 g/mol. The van der Waals surface area contributed by atoms with Gasteiger partial charge in [0, 0.05) is 0 Å². The monoisotopic (exact) mass is 147 g/mol. The summed E-state index contributed by atoms with van der Waals surface area (Å²) >= 11 is 0. The van der Waals surface area contributed by atoms with Gasteiger partial charge in [0.15, 0.2) is 0 Å². The largest absolute Gasteiger partial charge is 0.472 e. The van der Waals surface area contributed by atoms with Crippen LogP contribution in [-0.2, 0) is 6.42 Å². The summed E-state index contributed by atoms with van der Waals surface area (Å²) < 4.78 is 4.81. The Hall–Kier alpha value is -0.470. The van der Waals surface area contributed by atoms with Gasteiger partial charge < -0.3 is 10.2 Å². The van der Waals surface area contributed by atoms with Crippen LogP contribution in [0.25, 0.3) is 0 Å². The molecule has 0 saturated carbocycles. The van der Waals surface area contributed by atoms with Gasteiger partial charge >= 0.3 is 0 Å². The molecule has 0 bridgehead atoms. The third kappa shape index (κ3) is 2.54. The van der Waals surface area contributed by atoms with Gasteiger partial charge in [0.2, 0.25) is 0 Å². The van der Waals surface area contributed by atoms with Crippen LogP contribution in [0.3, 0.4) is 0 Å². The Morgan fingerprint density at radius 2 is 2.33 bits per heavy atom. The second-order valence-electron chi connectivity index (χ2n) is 1.67. The first-order valence-corrected chi connectivity index (χ1v) is 2.64. The van der Waals surface area contributed by atoms with Gasteiger partial charge in [-0.1, -0.05) is 0 Å². The zero-order valence-electron chi connectivity index (χ0n) is 5.04. The lowest BCUT2D eigenvalue weighted by atomic mass is 10.2. The predicted octanol–water partition coefficient (Wildman–Crippen LogP) is 1.20. The first-order chi connectivity index (χ1) is 3.93. The molecule has 0 spiro atoms. The lowest BCUT2D eigenvalue weighted by molar-refractivity contribution is 0.564. The molecular formula is C6H10ClNO. The van der Waals surface area contributed by atoms with Crippen LogP contribution in [0.2, 0.25) is 0 Å². The molecule has 0 aliphatic rings. The molecule has 0 aliphatic heterocycles. The highest BCUT2D eigenvalue weighted by molar-refractivity contribution is 5.85. The molecule has 0 aliphatic carbocycles. The van der Waals surface area contributed by atoms with Crippen LogP contribution in [0.1, 0.15) is 5.56 Å². The highest BCUT2D eigenvalue weighted by Crippen LogP contribution is 1.98. The van der Waals surface area contributed by atoms with E-state index in [2.05, 4.69) is 0 Å². The zero-order valence-corrected chi connectivity index (χ0v) is 5.86. The zero-order chi connectivity index (χ0) is 5.82. The van der Waals surface area contributed by atoms with Crippen LogP contribution < -0.4 is 5.73 Å². The summed E-state index contributed by atoms with van der Waals surface area (Å²) in [7, 11) is 0. The van der Waals surface area contributed by atoms with Crippen molar-refractivity contribution in [3.63, 3.8) is 0 Å². The van der Waals surface area contributed by atoms with Crippen LogP contribution in [0, 0.1) is 0 Å². The number of hydrogen-bond donors (Lipinski definition) is 1. The molecule has 0 fully saturated rings. The third-order valence-electron chi connectivity index (χ3n) is 1.01. The van der Waals surface area contributed by atoms with E-state index < -0.39 is 0 Å². The van der Waals surface area contributed by atoms with Crippen molar-refractivity contribution >= 4 is 12.4 Å². The van der Waals surface area contributed by atoms with Crippen molar-refractivity contribution in [3.05, 3.63) is 24.2 Å². The Morgan fingerprint density at radius 3 is 2.78 bits per heavy atom. The summed E-state index contributed by atoms with van der Waals surface area (Å²) in [6.07, 6.45) is 4.29. The standard InChI is InChI=1S/C6H9NO.ClH/c7-3-1-6-2-4-8-5-6;/h2,4-5H,1,3,7H2;1H. The fourth-order valence-electron chi connectivity index (χ4n) is 0.602. The molecule has 0 aromatic carbocycles. The minimum absolute atomic E-state index is 0. The van der Waals surface area contributed by atoms with Crippen molar-refractivity contribution in [3.8, 4) is 0 Å². The minimum Gasteiger partial charge on any atom is -0.472 e. The minimum atomic E-state index is 0. The smallest absolute Gasteiger partial charge is 0.0934 e. The molecule has 0 unspecified atom stereocenters. The summed E-state index contributed by atoms with van der Waals surface area (Å²) in [4.78, 5) is 0. The Labute approximate surface area is 60.4 Å². The van der Waals surface area contributed by atoms with Gasteiger partial charge in [-0.15, -0.1) is 12.4 Å². The van der Waals surface area contributed by atoms with Crippen molar-refractivity contribution in [2.75, 3.05) is 6.54 Å². The Kier molecular flexibility index (Phi) is 4.18. The maximum absolute atomic E-state index is 5.28. The van der Waals surface area contributed by atoms with Crippen molar-refractivity contribution in [2.45, 2.75) is 6.42 Å². The number of hydrogen-bond acceptors (Lipinski definition) is 2. The summed E-state index contributed by atoms with van der Waals surface area (Å²) in [5, 5.41) is 0. The Morgan fingerprint density at radius 1 is 1.56 bits per heavy atom. The summed E-state index contributed by atoms with van der Waals surface area (Å²) in [6, 6.07) is 1.92. The molecule has 2 N–H and O–H groups in total. The topological polar surface area (TPSA) is 39.2 Å². The molecule has 1 heterocycles. The number of furan rings is 1. The summed E-state index contributed by atoms with van der Waals surface area (Å²) in [5.74, 6) is 0. The molecule has 3 heteroatoms. The second kappa shape index (κ2) is 4.41. The van der Waals surface area contributed by atoms with E-state index in [0.717, 1.165) is 6.42 Å². The molecule has 9 heavy (non-hydrogen) atoms. The lowest BCUT2D eigenvalue weighted by Crippen LogP contribution is -2.01. The number of nitrogens with two attached hydrogens (primary N) is 1. The maximum Gasteiger partial charge on any atom is 0.0934 e. The normalized spacial score (nSPS) is 8.56. The molecule has 1 aromatic rings. The van der Waals surface area contributed by atoms with E-state index in [9.17, 15) is 0 Å². The fraction of sp³-hybridized carbons (Fsp3) is 0.333. The molecule has 0 saturated heterocycles. The maximum atomic E-state index is 5.28. The lowest BCUT2D eigenvalue weighted by Gasteiger charge is -1.85. The van der Waals surface area contributed by atoms with Gasteiger partial charge in [0.05, 0.1) is 12.5 Å². The van der Waals surface area contributed by atoms with Crippen LogP contribution >= 0.6 is 12.4 Å².